The molecule has 4 bridgehead atoms. The molecule has 5 heterocycles. The van der Waals surface area contributed by atoms with Crippen LogP contribution < -0.4 is 5.32 Å². The Hall–Kier alpha value is -2.38. The van der Waals surface area contributed by atoms with Gasteiger partial charge in [-0.15, -0.1) is 0 Å². The number of nitrogens with zero attached hydrogens (tertiary/aromatic N) is 1. The lowest BCUT2D eigenvalue weighted by atomic mass is 9.71. The Morgan fingerprint density at radius 1 is 1.06 bits per heavy atom. The van der Waals surface area contributed by atoms with Crippen LogP contribution in [0.3, 0.4) is 0 Å². The minimum Gasteiger partial charge on any atom is -0.500 e. The highest BCUT2D eigenvalue weighted by atomic mass is 28.4. The van der Waals surface area contributed by atoms with Gasteiger partial charge in [-0.1, -0.05) is 56.7 Å². The van der Waals surface area contributed by atoms with E-state index in [0.717, 1.165) is 19.3 Å². The van der Waals surface area contributed by atoms with Gasteiger partial charge in [-0.3, -0.25) is 9.59 Å². The van der Waals surface area contributed by atoms with Crippen molar-refractivity contribution in [2.75, 3.05) is 13.7 Å². The van der Waals surface area contributed by atoms with Gasteiger partial charge in [-0.05, 0) is 54.6 Å². The highest BCUT2D eigenvalue weighted by Gasteiger charge is 2.57. The van der Waals surface area contributed by atoms with Gasteiger partial charge < -0.3 is 19.4 Å². The van der Waals surface area contributed by atoms with Gasteiger partial charge in [0.25, 0.3) is 0 Å². The van der Waals surface area contributed by atoms with Crippen molar-refractivity contribution in [2.24, 2.45) is 11.8 Å². The molecule has 8 rings (SSSR count). The van der Waals surface area contributed by atoms with Gasteiger partial charge in [0.15, 0.2) is 8.32 Å². The number of ether oxygens (including phenoxy) is 1. The van der Waals surface area contributed by atoms with E-state index in [1.54, 1.807) is 7.11 Å². The van der Waals surface area contributed by atoms with Crippen molar-refractivity contribution in [3.05, 3.63) is 58.9 Å². The van der Waals surface area contributed by atoms with Gasteiger partial charge in [0, 0.05) is 6.54 Å². The number of hydrogen-bond donors (Lipinski definition) is 1. The molecule has 5 aliphatic heterocycles. The van der Waals surface area contributed by atoms with E-state index in [-0.39, 0.29) is 41.0 Å². The summed E-state index contributed by atoms with van der Waals surface area (Å²) in [6, 6.07) is 9.54. The molecule has 7 heteroatoms. The fraction of sp³-hybridized carbons (Fsp3) is 0.571. The average molecular weight is 495 g/mol. The van der Waals surface area contributed by atoms with Crippen LogP contribution in [-0.4, -0.2) is 56.9 Å². The Balaban J connectivity index is 1.50. The number of carbonyl (C=O) groups is 2. The number of amides is 2. The van der Waals surface area contributed by atoms with Crippen LogP contribution >= 0.6 is 0 Å². The fourth-order valence-corrected chi connectivity index (χ4v) is 7.42. The summed E-state index contributed by atoms with van der Waals surface area (Å²) in [7, 11) is -0.342. The molecular weight excluding hydrogens is 456 g/mol. The molecule has 1 fully saturated rings. The highest BCUT2D eigenvalue weighted by molar-refractivity contribution is 6.74. The summed E-state index contributed by atoms with van der Waals surface area (Å²) >= 11 is 0. The zero-order valence-corrected chi connectivity index (χ0v) is 22.8. The van der Waals surface area contributed by atoms with Crippen LogP contribution in [0, 0.1) is 11.8 Å². The Bertz CT molecular complexity index is 1090. The van der Waals surface area contributed by atoms with E-state index in [1.165, 1.54) is 16.7 Å². The van der Waals surface area contributed by atoms with Crippen molar-refractivity contribution >= 4 is 20.1 Å². The molecular formula is C28H38N2O4Si. The molecule has 0 spiro atoms. The summed E-state index contributed by atoms with van der Waals surface area (Å²) < 4.78 is 12.6. The molecule has 0 unspecified atom stereocenters. The number of rotatable bonds is 6. The predicted molar refractivity (Wildman–Crippen MR) is 138 cm³/mol. The van der Waals surface area contributed by atoms with Crippen LogP contribution in [0.2, 0.25) is 18.1 Å². The van der Waals surface area contributed by atoms with E-state index >= 15 is 0 Å². The molecule has 188 valence electrons. The lowest BCUT2D eigenvalue weighted by Gasteiger charge is -2.50. The lowest BCUT2D eigenvalue weighted by Crippen LogP contribution is -2.65. The molecule has 35 heavy (non-hydrogen) atoms. The standard InChI is InChI=1S/C28H38N2O4Si/c1-28(2,3)35(5,6)34-18-14-19-20(15-18)25-24-22(33-4)16-21(29-26(24)31)23(19)27(32)30(25)13-12-17-10-8-7-9-11-17/h7-11,16,18,21,23-25H,12-15H2,1-6H3,(H,29,31)/t18-,21+,23+,24-,25-/m1/s1. The minimum atomic E-state index is -1.97. The molecule has 0 saturated carbocycles. The van der Waals surface area contributed by atoms with E-state index in [0.29, 0.717) is 12.3 Å². The normalized spacial score (nSPS) is 30.2. The molecule has 1 N–H and O–H groups in total. The van der Waals surface area contributed by atoms with Crippen LogP contribution in [0.15, 0.2) is 53.3 Å². The molecule has 2 amide bonds. The molecule has 0 aromatic heterocycles. The molecule has 2 aliphatic carbocycles. The largest absolute Gasteiger partial charge is 0.500 e. The number of carbonyl (C=O) groups excluding carboxylic acids is 2. The molecule has 1 saturated heterocycles. The Morgan fingerprint density at radius 2 is 1.74 bits per heavy atom. The van der Waals surface area contributed by atoms with Gasteiger partial charge in [0.1, 0.15) is 11.7 Å². The van der Waals surface area contributed by atoms with Crippen LogP contribution in [0.25, 0.3) is 0 Å². The molecule has 1 aromatic carbocycles. The monoisotopic (exact) mass is 494 g/mol. The molecule has 5 atom stereocenters. The number of benzene rings is 1. The van der Waals surface area contributed by atoms with Gasteiger partial charge in [0.2, 0.25) is 11.8 Å². The zero-order chi connectivity index (χ0) is 25.1. The fourth-order valence-electron chi connectivity index (χ4n) is 6.07. The minimum absolute atomic E-state index is 0.0399. The van der Waals surface area contributed by atoms with E-state index in [1.807, 2.05) is 29.2 Å². The van der Waals surface area contributed by atoms with Crippen molar-refractivity contribution < 1.29 is 18.8 Å². The Labute approximate surface area is 209 Å². The first kappa shape index (κ1) is 24.3. The maximum absolute atomic E-state index is 14.0. The number of nitrogens with one attached hydrogen (secondary N) is 1. The summed E-state index contributed by atoms with van der Waals surface area (Å²) in [4.78, 5) is 29.3. The van der Waals surface area contributed by atoms with Crippen molar-refractivity contribution in [3.8, 4) is 0 Å². The van der Waals surface area contributed by atoms with Crippen LogP contribution in [0.4, 0.5) is 0 Å². The molecule has 7 aliphatic rings. The Kier molecular flexibility index (Phi) is 5.99. The summed E-state index contributed by atoms with van der Waals surface area (Å²) in [5.74, 6) is -0.138. The molecule has 1 aromatic rings. The summed E-state index contributed by atoms with van der Waals surface area (Å²) in [6.45, 7) is 11.9. The number of methoxy groups -OCH3 is 1. The lowest BCUT2D eigenvalue weighted by molar-refractivity contribution is -0.145. The quantitative estimate of drug-likeness (QED) is 0.476. The van der Waals surface area contributed by atoms with Crippen molar-refractivity contribution in [1.29, 1.82) is 0 Å². The summed E-state index contributed by atoms with van der Waals surface area (Å²) in [6.07, 6.45) is 4.35. The third-order valence-electron chi connectivity index (χ3n) is 8.83. The van der Waals surface area contributed by atoms with Gasteiger partial charge in [-0.2, -0.15) is 0 Å². The SMILES string of the molecule is COC1=C[C@@H]2NC(=O)[C@H]1[C@H]1C3=C(C[C@@H](O[Si](C)(C)C(C)(C)C)C3)[C@@H]2C(=O)N1CCc1ccccc1. The second-order valence-corrected chi connectivity index (χ2v) is 16.7. The van der Waals surface area contributed by atoms with E-state index < -0.39 is 14.2 Å². The first-order chi connectivity index (χ1) is 16.5. The smallest absolute Gasteiger partial charge is 0.233 e. The molecule has 0 radical (unpaired) electrons. The van der Waals surface area contributed by atoms with Crippen molar-refractivity contribution in [2.45, 2.75) is 76.4 Å². The zero-order valence-electron chi connectivity index (χ0n) is 21.8. The summed E-state index contributed by atoms with van der Waals surface area (Å²) in [5.41, 5.74) is 3.62. The maximum atomic E-state index is 14.0. The molecule has 6 nitrogen and oxygen atoms in total. The first-order valence-corrected chi connectivity index (χ1v) is 15.7. The number of hydrogen-bond acceptors (Lipinski definition) is 4. The van der Waals surface area contributed by atoms with Gasteiger partial charge in [-0.25, -0.2) is 0 Å². The van der Waals surface area contributed by atoms with Gasteiger partial charge in [0.05, 0.1) is 31.2 Å². The van der Waals surface area contributed by atoms with Crippen LogP contribution in [0.1, 0.15) is 39.2 Å². The second-order valence-electron chi connectivity index (χ2n) is 11.9. The first-order valence-electron chi connectivity index (χ1n) is 12.8. The predicted octanol–water partition coefficient (Wildman–Crippen LogP) is 4.20. The van der Waals surface area contributed by atoms with Gasteiger partial charge >= 0.3 is 0 Å². The second kappa shape index (κ2) is 8.63. The van der Waals surface area contributed by atoms with Crippen molar-refractivity contribution in [1.82, 2.24) is 10.2 Å². The highest BCUT2D eigenvalue weighted by Crippen LogP contribution is 2.50. The van der Waals surface area contributed by atoms with Crippen molar-refractivity contribution in [3.63, 3.8) is 0 Å². The van der Waals surface area contributed by atoms with E-state index in [4.69, 9.17) is 9.16 Å². The Morgan fingerprint density at radius 3 is 2.40 bits per heavy atom. The van der Waals surface area contributed by atoms with E-state index in [2.05, 4.69) is 51.3 Å². The summed E-state index contributed by atoms with van der Waals surface area (Å²) in [5, 5.41) is 3.24. The van der Waals surface area contributed by atoms with E-state index in [9.17, 15) is 9.59 Å². The average Bonchev–Trinajstić information content (AvgIpc) is 3.17. The van der Waals surface area contributed by atoms with Crippen LogP contribution in [0.5, 0.6) is 0 Å². The maximum Gasteiger partial charge on any atom is 0.233 e. The van der Waals surface area contributed by atoms with Crippen LogP contribution in [-0.2, 0) is 25.2 Å². The third-order valence-corrected chi connectivity index (χ3v) is 13.4. The third kappa shape index (κ3) is 4.06. The topological polar surface area (TPSA) is 67.9 Å².